The van der Waals surface area contributed by atoms with Crippen molar-refractivity contribution in [3.05, 3.63) is 140 Å². The topological polar surface area (TPSA) is 179 Å². The Balaban J connectivity index is 0.665. The van der Waals surface area contributed by atoms with E-state index in [0.29, 0.717) is 100 Å². The zero-order chi connectivity index (χ0) is 50.6. The van der Waals surface area contributed by atoms with Crippen LogP contribution in [0.5, 0.6) is 17.2 Å². The molecule has 1 aliphatic rings. The second-order valence-electron chi connectivity index (χ2n) is 17.1. The standard InChI is InChI=1S/C54H59ClN6O9S2/c1-5-60(22-25-70-43-17-10-38(11-18-43)51(65)49-44-19-16-42(63)32-46(44)72-52(49)39-8-14-41(62)15-9-39)21-24-67-27-29-69-31-30-68-28-26-66-23-20-56-47(64)33-45-53-59-58-36(4)61(53)54-48(34(2)35(3)71-54)50(57-45)37-6-12-40(55)13-7-37/h6-19,32,45,62-63H,5,20-31,33H2,1-4H3,(H,56,64)/t45-/m0/s1. The van der Waals surface area contributed by atoms with Crippen LogP contribution in [0.3, 0.4) is 0 Å². The Morgan fingerprint density at radius 3 is 2.08 bits per heavy atom. The van der Waals surface area contributed by atoms with Gasteiger partial charge in [0, 0.05) is 66.8 Å². The second-order valence-corrected chi connectivity index (χ2v) is 19.8. The highest BCUT2D eigenvalue weighted by Gasteiger charge is 2.32. The van der Waals surface area contributed by atoms with Crippen LogP contribution in [0.2, 0.25) is 5.02 Å². The molecule has 3 N–H and O–H groups in total. The van der Waals surface area contributed by atoms with E-state index >= 15 is 0 Å². The Labute approximate surface area is 432 Å². The number of nitrogens with zero attached hydrogens (tertiary/aromatic N) is 5. The van der Waals surface area contributed by atoms with Crippen LogP contribution in [0.4, 0.5) is 0 Å². The number of ketones is 1. The number of benzene rings is 4. The molecule has 0 spiro atoms. The summed E-state index contributed by atoms with van der Waals surface area (Å²) in [6.45, 7) is 14.8. The van der Waals surface area contributed by atoms with Gasteiger partial charge in [0.25, 0.3) is 0 Å². The maximum atomic E-state index is 13.9. The Hall–Kier alpha value is -6.02. The molecule has 1 amide bonds. The van der Waals surface area contributed by atoms with Crippen molar-refractivity contribution >= 4 is 61.8 Å². The third-order valence-electron chi connectivity index (χ3n) is 12.2. The summed E-state index contributed by atoms with van der Waals surface area (Å²) in [5, 5.41) is 34.2. The van der Waals surface area contributed by atoms with E-state index in [-0.39, 0.29) is 29.6 Å². The lowest BCUT2D eigenvalue weighted by Gasteiger charge is -2.20. The van der Waals surface area contributed by atoms with E-state index in [4.69, 9.17) is 40.3 Å². The normalized spacial score (nSPS) is 13.2. The molecule has 8 rings (SSSR count). The molecular weight excluding hydrogens is 976 g/mol. The number of hydrogen-bond donors (Lipinski definition) is 3. The minimum Gasteiger partial charge on any atom is -0.508 e. The molecule has 0 radical (unpaired) electrons. The number of nitrogens with one attached hydrogen (secondary N) is 1. The van der Waals surface area contributed by atoms with Gasteiger partial charge < -0.3 is 39.2 Å². The lowest BCUT2D eigenvalue weighted by atomic mass is 9.97. The summed E-state index contributed by atoms with van der Waals surface area (Å²) < 4.78 is 31.7. The molecule has 4 aromatic carbocycles. The van der Waals surface area contributed by atoms with E-state index in [0.717, 1.165) is 66.8 Å². The van der Waals surface area contributed by atoms with Crippen LogP contribution in [0.15, 0.2) is 96.0 Å². The summed E-state index contributed by atoms with van der Waals surface area (Å²) in [6, 6.07) is 26.0. The molecule has 378 valence electrons. The fourth-order valence-corrected chi connectivity index (χ4v) is 10.9. The Bertz CT molecular complexity index is 2970. The number of rotatable bonds is 26. The largest absolute Gasteiger partial charge is 0.508 e. The average Bonchev–Trinajstić information content (AvgIpc) is 4.02. The molecule has 18 heteroatoms. The molecule has 72 heavy (non-hydrogen) atoms. The summed E-state index contributed by atoms with van der Waals surface area (Å²) in [5.74, 6) is 2.02. The molecule has 0 saturated carbocycles. The van der Waals surface area contributed by atoms with E-state index in [2.05, 4.69) is 41.2 Å². The number of thiophene rings is 2. The van der Waals surface area contributed by atoms with Gasteiger partial charge in [-0.1, -0.05) is 30.7 Å². The Kier molecular flexibility index (Phi) is 18.2. The predicted octanol–water partition coefficient (Wildman–Crippen LogP) is 9.30. The van der Waals surface area contributed by atoms with Crippen molar-refractivity contribution in [2.45, 2.75) is 40.2 Å². The molecule has 15 nitrogen and oxygen atoms in total. The highest BCUT2D eigenvalue weighted by atomic mass is 35.5. The number of ether oxygens (including phenoxy) is 5. The van der Waals surface area contributed by atoms with Crippen molar-refractivity contribution in [3.63, 3.8) is 0 Å². The number of aromatic hydroxyl groups is 2. The zero-order valence-electron chi connectivity index (χ0n) is 40.8. The summed E-state index contributed by atoms with van der Waals surface area (Å²) in [5.41, 5.74) is 5.77. The van der Waals surface area contributed by atoms with E-state index in [9.17, 15) is 19.8 Å². The first-order valence-electron chi connectivity index (χ1n) is 24.0. The lowest BCUT2D eigenvalue weighted by Crippen LogP contribution is -2.31. The number of phenols is 2. The highest BCUT2D eigenvalue weighted by molar-refractivity contribution is 7.22. The number of fused-ring (bicyclic) bond motifs is 4. The van der Waals surface area contributed by atoms with Crippen LogP contribution in [-0.2, 0) is 23.7 Å². The van der Waals surface area contributed by atoms with Crippen molar-refractivity contribution in [1.29, 1.82) is 0 Å². The molecule has 0 aliphatic carbocycles. The SMILES string of the molecule is CCN(CCOCCOCCOCCOCCNC(=O)C[C@@H]1N=C(c2ccc(Cl)cc2)c2c(sc(C)c2C)-n2c(C)nnc21)CCOc1ccc(C(=O)c2c(-c3ccc(O)cc3)sc3cc(O)ccc23)cc1. The minimum atomic E-state index is -0.545. The predicted molar refractivity (Wildman–Crippen MR) is 282 cm³/mol. The molecule has 7 aromatic rings. The first-order valence-corrected chi connectivity index (χ1v) is 26.0. The molecule has 0 saturated heterocycles. The Morgan fingerprint density at radius 2 is 1.39 bits per heavy atom. The molecule has 1 atom stereocenters. The van der Waals surface area contributed by atoms with E-state index in [1.54, 1.807) is 65.9 Å². The van der Waals surface area contributed by atoms with Crippen molar-refractivity contribution < 1.29 is 43.5 Å². The van der Waals surface area contributed by atoms with E-state index in [1.165, 1.54) is 16.2 Å². The van der Waals surface area contributed by atoms with Crippen LogP contribution < -0.4 is 10.1 Å². The van der Waals surface area contributed by atoms with Crippen LogP contribution in [-0.4, -0.2) is 133 Å². The molecule has 0 unspecified atom stereocenters. The summed E-state index contributed by atoms with van der Waals surface area (Å²) in [4.78, 5) is 36.5. The smallest absolute Gasteiger partial charge is 0.222 e. The summed E-state index contributed by atoms with van der Waals surface area (Å²) >= 11 is 9.33. The summed E-state index contributed by atoms with van der Waals surface area (Å²) in [6.07, 6.45) is 0.102. The van der Waals surface area contributed by atoms with Crippen molar-refractivity contribution in [2.24, 2.45) is 4.99 Å². The lowest BCUT2D eigenvalue weighted by molar-refractivity contribution is -0.121. The maximum Gasteiger partial charge on any atom is 0.222 e. The highest BCUT2D eigenvalue weighted by Crippen LogP contribution is 2.42. The molecular formula is C54H59ClN6O9S2. The number of aryl methyl sites for hydroxylation is 2. The fraction of sp³-hybridized carbons (Fsp3) is 0.352. The Morgan fingerprint density at radius 1 is 0.750 bits per heavy atom. The van der Waals surface area contributed by atoms with E-state index < -0.39 is 6.04 Å². The number of hydrogen-bond acceptors (Lipinski definition) is 15. The number of likely N-dealkylation sites (N-methyl/N-ethyl adjacent to an activating group) is 1. The molecule has 0 fully saturated rings. The quantitative estimate of drug-likeness (QED) is 0.0346. The first-order chi connectivity index (χ1) is 35.0. The van der Waals surface area contributed by atoms with Gasteiger partial charge in [0.1, 0.15) is 40.7 Å². The average molecular weight is 1040 g/mol. The molecule has 4 heterocycles. The molecule has 3 aromatic heterocycles. The number of aromatic nitrogens is 3. The molecule has 0 bridgehead atoms. The number of aliphatic imine (C=N–C) groups is 1. The van der Waals surface area contributed by atoms with Gasteiger partial charge in [0.15, 0.2) is 11.6 Å². The van der Waals surface area contributed by atoms with Gasteiger partial charge in [-0.2, -0.15) is 0 Å². The third kappa shape index (κ3) is 13.0. The number of halogens is 1. The van der Waals surface area contributed by atoms with Gasteiger partial charge >= 0.3 is 0 Å². The number of amides is 1. The van der Waals surface area contributed by atoms with Gasteiger partial charge in [-0.05, 0) is 117 Å². The monoisotopic (exact) mass is 1030 g/mol. The minimum absolute atomic E-state index is 0.102. The fourth-order valence-electron chi connectivity index (χ4n) is 8.29. The summed E-state index contributed by atoms with van der Waals surface area (Å²) in [7, 11) is 0. The number of phenolic OH excluding ortho intramolecular Hbond substituents is 2. The van der Waals surface area contributed by atoms with Crippen molar-refractivity contribution in [2.75, 3.05) is 85.6 Å². The van der Waals surface area contributed by atoms with Crippen LogP contribution >= 0.6 is 34.3 Å². The molecule has 1 aliphatic heterocycles. The van der Waals surface area contributed by atoms with Gasteiger partial charge in [-0.25, -0.2) is 0 Å². The van der Waals surface area contributed by atoms with Crippen molar-refractivity contribution in [3.8, 4) is 32.7 Å². The van der Waals surface area contributed by atoms with Crippen LogP contribution in [0, 0.1) is 20.8 Å². The zero-order valence-corrected chi connectivity index (χ0v) is 43.2. The third-order valence-corrected chi connectivity index (χ3v) is 14.9. The number of carbonyl (C=O) groups is 2. The van der Waals surface area contributed by atoms with Gasteiger partial charge in [0.05, 0.1) is 65.0 Å². The van der Waals surface area contributed by atoms with Gasteiger partial charge in [-0.15, -0.1) is 32.9 Å². The second kappa shape index (κ2) is 25.1. The van der Waals surface area contributed by atoms with Crippen molar-refractivity contribution in [1.82, 2.24) is 25.0 Å². The van der Waals surface area contributed by atoms with Crippen LogP contribution in [0.1, 0.15) is 68.5 Å². The van der Waals surface area contributed by atoms with Gasteiger partial charge in [-0.3, -0.25) is 24.0 Å². The van der Waals surface area contributed by atoms with Crippen LogP contribution in [0.25, 0.3) is 25.5 Å². The number of carbonyl (C=O) groups excluding carboxylic acids is 2. The first kappa shape index (κ1) is 52.3. The van der Waals surface area contributed by atoms with Gasteiger partial charge in [0.2, 0.25) is 5.91 Å². The van der Waals surface area contributed by atoms with E-state index in [1.807, 2.05) is 47.9 Å². The maximum absolute atomic E-state index is 13.9.